The molecule has 5 nitrogen and oxygen atoms in total. The molecule has 1 atom stereocenters. The number of amides is 2. The van der Waals surface area contributed by atoms with Crippen LogP contribution in [0.1, 0.15) is 35.4 Å². The Kier molecular flexibility index (Phi) is 3.18. The van der Waals surface area contributed by atoms with E-state index in [-0.39, 0.29) is 17.9 Å². The molecule has 1 saturated heterocycles. The van der Waals surface area contributed by atoms with Crippen LogP contribution < -0.4 is 11.1 Å². The minimum atomic E-state index is -0.324. The third-order valence-corrected chi connectivity index (χ3v) is 4.55. The van der Waals surface area contributed by atoms with Gasteiger partial charge in [-0.05, 0) is 37.1 Å². The van der Waals surface area contributed by atoms with E-state index in [0.29, 0.717) is 23.2 Å². The van der Waals surface area contributed by atoms with Gasteiger partial charge >= 0.3 is 0 Å². The van der Waals surface area contributed by atoms with Gasteiger partial charge in [-0.2, -0.15) is 0 Å². The molecule has 2 fully saturated rings. The molecule has 0 radical (unpaired) electrons. The van der Waals surface area contributed by atoms with Crippen LogP contribution in [0.5, 0.6) is 0 Å². The Balaban J connectivity index is 1.73. The van der Waals surface area contributed by atoms with Crippen molar-refractivity contribution in [3.8, 4) is 0 Å². The molecule has 1 aromatic heterocycles. The zero-order valence-electron chi connectivity index (χ0n) is 10.6. The Morgan fingerprint density at radius 1 is 1.37 bits per heavy atom. The van der Waals surface area contributed by atoms with Gasteiger partial charge in [0.1, 0.15) is 10.9 Å². The summed E-state index contributed by atoms with van der Waals surface area (Å²) in [5.74, 6) is -0.121. The Morgan fingerprint density at radius 3 is 2.79 bits per heavy atom. The zero-order chi connectivity index (χ0) is 13.4. The summed E-state index contributed by atoms with van der Waals surface area (Å²) in [6, 6.07) is 1.74. The van der Waals surface area contributed by atoms with Gasteiger partial charge in [0, 0.05) is 12.6 Å². The highest BCUT2D eigenvalue weighted by atomic mass is 32.1. The van der Waals surface area contributed by atoms with E-state index in [2.05, 4.69) is 5.32 Å². The lowest BCUT2D eigenvalue weighted by atomic mass is 10.2. The molecule has 0 bridgehead atoms. The van der Waals surface area contributed by atoms with Gasteiger partial charge in [-0.3, -0.25) is 9.59 Å². The second kappa shape index (κ2) is 4.85. The molecule has 3 rings (SSSR count). The highest BCUT2D eigenvalue weighted by Crippen LogP contribution is 2.27. The largest absolute Gasteiger partial charge is 0.397 e. The fraction of sp³-hybridized carbons (Fsp3) is 0.538. The summed E-state index contributed by atoms with van der Waals surface area (Å²) in [6.45, 7) is 0.638. The molecule has 3 N–H and O–H groups in total. The molecule has 0 aromatic carbocycles. The van der Waals surface area contributed by atoms with E-state index in [9.17, 15) is 9.59 Å². The van der Waals surface area contributed by atoms with E-state index in [1.807, 2.05) is 0 Å². The second-order valence-corrected chi connectivity index (χ2v) is 6.06. The van der Waals surface area contributed by atoms with Crippen LogP contribution in [0, 0.1) is 0 Å². The number of carbonyl (C=O) groups is 2. The van der Waals surface area contributed by atoms with Gasteiger partial charge in [0.15, 0.2) is 0 Å². The topological polar surface area (TPSA) is 75.4 Å². The maximum atomic E-state index is 12.4. The third-order valence-electron chi connectivity index (χ3n) is 3.63. The highest BCUT2D eigenvalue weighted by molar-refractivity contribution is 7.12. The summed E-state index contributed by atoms with van der Waals surface area (Å²) in [7, 11) is 0. The van der Waals surface area contributed by atoms with Gasteiger partial charge in [-0.25, -0.2) is 0 Å². The highest BCUT2D eigenvalue weighted by Gasteiger charge is 2.37. The lowest BCUT2D eigenvalue weighted by Crippen LogP contribution is -2.46. The van der Waals surface area contributed by atoms with Crippen molar-refractivity contribution in [2.75, 3.05) is 12.3 Å². The fourth-order valence-corrected chi connectivity index (χ4v) is 3.20. The van der Waals surface area contributed by atoms with Crippen LogP contribution in [0.15, 0.2) is 11.4 Å². The average Bonchev–Trinajstić information content (AvgIpc) is 2.92. The smallest absolute Gasteiger partial charge is 0.266 e. The van der Waals surface area contributed by atoms with Gasteiger partial charge < -0.3 is 16.0 Å². The van der Waals surface area contributed by atoms with Crippen LogP contribution >= 0.6 is 11.3 Å². The lowest BCUT2D eigenvalue weighted by molar-refractivity contribution is -0.125. The van der Waals surface area contributed by atoms with Gasteiger partial charge in [0.2, 0.25) is 5.91 Å². The van der Waals surface area contributed by atoms with Crippen molar-refractivity contribution in [3.63, 3.8) is 0 Å². The maximum absolute atomic E-state index is 12.4. The number of rotatable bonds is 3. The van der Waals surface area contributed by atoms with Crippen LogP contribution in [0.2, 0.25) is 0 Å². The average molecular weight is 279 g/mol. The van der Waals surface area contributed by atoms with Crippen molar-refractivity contribution in [2.24, 2.45) is 0 Å². The molecule has 1 aliphatic carbocycles. The molecule has 2 aliphatic rings. The summed E-state index contributed by atoms with van der Waals surface area (Å²) in [4.78, 5) is 26.8. The van der Waals surface area contributed by atoms with E-state index in [0.717, 1.165) is 25.7 Å². The summed E-state index contributed by atoms with van der Waals surface area (Å²) < 4.78 is 0. The van der Waals surface area contributed by atoms with Crippen molar-refractivity contribution >= 4 is 28.8 Å². The monoisotopic (exact) mass is 279 g/mol. The van der Waals surface area contributed by atoms with E-state index in [4.69, 9.17) is 5.73 Å². The molecule has 0 spiro atoms. The Morgan fingerprint density at radius 2 is 2.16 bits per heavy atom. The zero-order valence-corrected chi connectivity index (χ0v) is 11.4. The van der Waals surface area contributed by atoms with Gasteiger partial charge in [-0.15, -0.1) is 11.3 Å². The predicted molar refractivity (Wildman–Crippen MR) is 74.0 cm³/mol. The van der Waals surface area contributed by atoms with Crippen LogP contribution in [0.25, 0.3) is 0 Å². The number of nitrogens with one attached hydrogen (secondary N) is 1. The van der Waals surface area contributed by atoms with Crippen LogP contribution in [-0.2, 0) is 4.79 Å². The third kappa shape index (κ3) is 2.45. The first-order valence-corrected chi connectivity index (χ1v) is 7.49. The Bertz CT molecular complexity index is 510. The summed E-state index contributed by atoms with van der Waals surface area (Å²) in [6.07, 6.45) is 3.74. The van der Waals surface area contributed by atoms with Crippen LogP contribution in [0.4, 0.5) is 5.69 Å². The van der Waals surface area contributed by atoms with Crippen molar-refractivity contribution in [3.05, 3.63) is 16.3 Å². The number of nitrogen functional groups attached to an aromatic ring is 1. The molecule has 19 heavy (non-hydrogen) atoms. The molecule has 6 heteroatoms. The summed E-state index contributed by atoms with van der Waals surface area (Å²) >= 11 is 1.34. The van der Waals surface area contributed by atoms with Crippen LogP contribution in [-0.4, -0.2) is 35.3 Å². The van der Waals surface area contributed by atoms with Gasteiger partial charge in [-0.1, -0.05) is 0 Å². The van der Waals surface area contributed by atoms with E-state index in [1.165, 1.54) is 11.3 Å². The van der Waals surface area contributed by atoms with E-state index < -0.39 is 0 Å². The van der Waals surface area contributed by atoms with Crippen molar-refractivity contribution in [1.82, 2.24) is 10.2 Å². The second-order valence-electron chi connectivity index (χ2n) is 5.14. The maximum Gasteiger partial charge on any atom is 0.266 e. The molecule has 102 valence electrons. The quantitative estimate of drug-likeness (QED) is 0.873. The van der Waals surface area contributed by atoms with E-state index in [1.54, 1.807) is 16.3 Å². The molecule has 1 unspecified atom stereocenters. The molecular formula is C13H17N3O2S. The lowest BCUT2D eigenvalue weighted by Gasteiger charge is -2.23. The SMILES string of the molecule is Nc1ccsc1C(=O)N1CCCC1C(=O)NC1CC1. The van der Waals surface area contributed by atoms with Crippen molar-refractivity contribution in [2.45, 2.75) is 37.8 Å². The van der Waals surface area contributed by atoms with Crippen molar-refractivity contribution < 1.29 is 9.59 Å². The number of hydrogen-bond acceptors (Lipinski definition) is 4. The van der Waals surface area contributed by atoms with Gasteiger partial charge in [0.05, 0.1) is 5.69 Å². The minimum absolute atomic E-state index is 0.0107. The number of likely N-dealkylation sites (tertiary alicyclic amines) is 1. The first-order chi connectivity index (χ1) is 9.16. The number of carbonyl (C=O) groups excluding carboxylic acids is 2. The number of hydrogen-bond donors (Lipinski definition) is 2. The van der Waals surface area contributed by atoms with Crippen molar-refractivity contribution in [1.29, 1.82) is 0 Å². The summed E-state index contributed by atoms with van der Waals surface area (Å²) in [5, 5.41) is 4.78. The standard InChI is InChI=1S/C13H17N3O2S/c14-9-5-7-19-11(9)13(18)16-6-1-2-10(16)12(17)15-8-3-4-8/h5,7-8,10H,1-4,6,14H2,(H,15,17). The first-order valence-electron chi connectivity index (χ1n) is 6.61. The van der Waals surface area contributed by atoms with E-state index >= 15 is 0 Å². The molecule has 2 amide bonds. The number of nitrogens with two attached hydrogens (primary N) is 1. The molecule has 2 heterocycles. The van der Waals surface area contributed by atoms with Crippen LogP contribution in [0.3, 0.4) is 0 Å². The first kappa shape index (κ1) is 12.5. The number of thiophene rings is 1. The Labute approximate surface area is 115 Å². The van der Waals surface area contributed by atoms with Gasteiger partial charge in [0.25, 0.3) is 5.91 Å². The molecule has 1 aliphatic heterocycles. The number of nitrogens with zero attached hydrogens (tertiary/aromatic N) is 1. The Hall–Kier alpha value is -1.56. The number of anilines is 1. The summed E-state index contributed by atoms with van der Waals surface area (Å²) in [5.41, 5.74) is 6.29. The molecular weight excluding hydrogens is 262 g/mol. The molecule has 1 aromatic rings. The minimum Gasteiger partial charge on any atom is -0.397 e. The predicted octanol–water partition coefficient (Wildman–Crippen LogP) is 1.21. The normalized spacial score (nSPS) is 22.5. The molecule has 1 saturated carbocycles. The fourth-order valence-electron chi connectivity index (χ4n) is 2.43.